The van der Waals surface area contributed by atoms with E-state index in [-0.39, 0.29) is 24.7 Å². The molecule has 0 bridgehead atoms. The average molecular weight is 312 g/mol. The fourth-order valence-electron chi connectivity index (χ4n) is 3.89. The minimum Gasteiger partial charge on any atom is -0.328 e. The van der Waals surface area contributed by atoms with Gasteiger partial charge >= 0.3 is 0 Å². The van der Waals surface area contributed by atoms with Crippen LogP contribution < -0.4 is 10.6 Å². The number of hydrogen-bond acceptors (Lipinski definition) is 2. The molecule has 1 amide bonds. The zero-order valence-electron chi connectivity index (χ0n) is 12.4. The Hall–Kier alpha value is -1.56. The number of halogens is 3. The first-order valence-electron chi connectivity index (χ1n) is 7.48. The van der Waals surface area contributed by atoms with Crippen LogP contribution in [0.4, 0.5) is 18.9 Å². The molecule has 1 spiro atoms. The number of nitrogens with zero attached hydrogens (tertiary/aromatic N) is 1. The van der Waals surface area contributed by atoms with Crippen LogP contribution in [0.15, 0.2) is 18.2 Å². The van der Waals surface area contributed by atoms with Gasteiger partial charge in [0.25, 0.3) is 0 Å². The topological polar surface area (TPSA) is 46.3 Å². The van der Waals surface area contributed by atoms with E-state index in [2.05, 4.69) is 0 Å². The number of hydrogen-bond donors (Lipinski definition) is 1. The van der Waals surface area contributed by atoms with Crippen molar-refractivity contribution in [2.75, 3.05) is 11.4 Å². The van der Waals surface area contributed by atoms with Crippen LogP contribution in [0.1, 0.15) is 32.6 Å². The minimum absolute atomic E-state index is 0.0578. The Morgan fingerprint density at radius 2 is 1.91 bits per heavy atom. The smallest absolute Gasteiger partial charge is 0.236 e. The maximum atomic E-state index is 15.2. The van der Waals surface area contributed by atoms with E-state index < -0.39 is 28.6 Å². The Morgan fingerprint density at radius 3 is 2.50 bits per heavy atom. The van der Waals surface area contributed by atoms with Crippen molar-refractivity contribution >= 4 is 11.6 Å². The molecule has 2 N–H and O–H groups in total. The summed E-state index contributed by atoms with van der Waals surface area (Å²) in [7, 11) is 0. The number of nitrogens with two attached hydrogens (primary N) is 1. The number of benzene rings is 1. The highest BCUT2D eigenvalue weighted by molar-refractivity contribution is 6.01. The molecule has 3 unspecified atom stereocenters. The summed E-state index contributed by atoms with van der Waals surface area (Å²) in [4.78, 5) is 14.0. The van der Waals surface area contributed by atoms with Crippen LogP contribution in [-0.4, -0.2) is 24.2 Å². The van der Waals surface area contributed by atoms with E-state index in [1.165, 1.54) is 6.92 Å². The maximum Gasteiger partial charge on any atom is 0.236 e. The van der Waals surface area contributed by atoms with Gasteiger partial charge < -0.3 is 10.6 Å². The fourth-order valence-corrected chi connectivity index (χ4v) is 3.89. The van der Waals surface area contributed by atoms with Crippen molar-refractivity contribution < 1.29 is 18.0 Å². The zero-order valence-corrected chi connectivity index (χ0v) is 12.4. The molecule has 0 radical (unpaired) electrons. The van der Waals surface area contributed by atoms with E-state index in [4.69, 9.17) is 5.73 Å². The number of alkyl halides is 1. The molecule has 6 heteroatoms. The van der Waals surface area contributed by atoms with Crippen molar-refractivity contribution in [1.82, 2.24) is 0 Å². The molecule has 3 nitrogen and oxygen atoms in total. The normalized spacial score (nSPS) is 35.4. The lowest BCUT2D eigenvalue weighted by atomic mass is 9.65. The van der Waals surface area contributed by atoms with Gasteiger partial charge in [-0.25, -0.2) is 13.2 Å². The molecule has 120 valence electrons. The molecule has 1 aromatic rings. The monoisotopic (exact) mass is 312 g/mol. The summed E-state index contributed by atoms with van der Waals surface area (Å²) in [5, 5.41) is 0. The van der Waals surface area contributed by atoms with Crippen LogP contribution in [0.25, 0.3) is 0 Å². The highest BCUT2D eigenvalue weighted by Gasteiger charge is 2.63. The highest BCUT2D eigenvalue weighted by Crippen LogP contribution is 2.53. The fraction of sp³-hybridized carbons (Fsp3) is 0.562. The van der Waals surface area contributed by atoms with Crippen molar-refractivity contribution in [2.24, 2.45) is 11.1 Å². The van der Waals surface area contributed by atoms with Crippen LogP contribution in [-0.2, 0) is 4.79 Å². The molecule has 0 aromatic heterocycles. The summed E-state index contributed by atoms with van der Waals surface area (Å²) in [6.07, 6.45) is 2.13. The van der Waals surface area contributed by atoms with Gasteiger partial charge in [0, 0.05) is 17.8 Å². The summed E-state index contributed by atoms with van der Waals surface area (Å²) in [5.41, 5.74) is 3.05. The van der Waals surface area contributed by atoms with Crippen LogP contribution in [0, 0.1) is 17.0 Å². The Morgan fingerprint density at radius 1 is 1.27 bits per heavy atom. The van der Waals surface area contributed by atoms with Crippen molar-refractivity contribution in [3.8, 4) is 0 Å². The summed E-state index contributed by atoms with van der Waals surface area (Å²) in [6.45, 7) is 1.18. The van der Waals surface area contributed by atoms with E-state index >= 15 is 4.39 Å². The van der Waals surface area contributed by atoms with E-state index in [1.54, 1.807) is 0 Å². The van der Waals surface area contributed by atoms with E-state index in [9.17, 15) is 13.6 Å². The first-order valence-corrected chi connectivity index (χ1v) is 7.48. The van der Waals surface area contributed by atoms with Crippen LogP contribution >= 0.6 is 0 Å². The second-order valence-electron chi connectivity index (χ2n) is 6.65. The number of rotatable bonds is 1. The third-order valence-electron chi connectivity index (χ3n) is 5.06. The van der Waals surface area contributed by atoms with Gasteiger partial charge in [-0.15, -0.1) is 0 Å². The Bertz CT molecular complexity index is 599. The molecule has 3 atom stereocenters. The van der Waals surface area contributed by atoms with Crippen molar-refractivity contribution in [3.63, 3.8) is 0 Å². The first kappa shape index (κ1) is 15.3. The maximum absolute atomic E-state index is 15.2. The van der Waals surface area contributed by atoms with Gasteiger partial charge in [0.05, 0.1) is 12.0 Å². The molecule has 1 aromatic carbocycles. The van der Waals surface area contributed by atoms with Gasteiger partial charge in [-0.3, -0.25) is 4.79 Å². The Labute approximate surface area is 127 Å². The predicted molar refractivity (Wildman–Crippen MR) is 77.1 cm³/mol. The second-order valence-corrected chi connectivity index (χ2v) is 6.65. The van der Waals surface area contributed by atoms with Gasteiger partial charge in [0.2, 0.25) is 5.91 Å². The SMILES string of the molecule is CC1(F)CN(c2cc(F)cc(F)c2)C(=O)C12CCCC(N)C2. The standard InChI is InChI=1S/C16H19F3N2O/c1-15(19)9-21(13-6-10(17)5-11(18)7-13)14(22)16(15)4-2-3-12(20)8-16/h5-7,12H,2-4,8-9,20H2,1H3. The minimum atomic E-state index is -1.77. The molecule has 1 aliphatic carbocycles. The number of carbonyl (C=O) groups is 1. The van der Waals surface area contributed by atoms with Crippen LogP contribution in [0.5, 0.6) is 0 Å². The molecule has 1 aliphatic heterocycles. The largest absolute Gasteiger partial charge is 0.328 e. The third kappa shape index (κ3) is 2.20. The van der Waals surface area contributed by atoms with Crippen LogP contribution in [0.3, 0.4) is 0 Å². The summed E-state index contributed by atoms with van der Waals surface area (Å²) < 4.78 is 42.0. The number of carbonyl (C=O) groups excluding carboxylic acids is 1. The van der Waals surface area contributed by atoms with Crippen molar-refractivity contribution in [3.05, 3.63) is 29.8 Å². The summed E-state index contributed by atoms with van der Waals surface area (Å²) in [6, 6.07) is 2.61. The van der Waals surface area contributed by atoms with Gasteiger partial charge in [-0.2, -0.15) is 0 Å². The van der Waals surface area contributed by atoms with E-state index in [0.717, 1.165) is 29.5 Å². The molecule has 2 fully saturated rings. The highest BCUT2D eigenvalue weighted by atomic mass is 19.1. The lowest BCUT2D eigenvalue weighted by Crippen LogP contribution is -2.50. The Balaban J connectivity index is 2.01. The van der Waals surface area contributed by atoms with E-state index in [0.29, 0.717) is 12.8 Å². The Kier molecular flexibility index (Phi) is 3.47. The zero-order chi connectivity index (χ0) is 16.1. The molecule has 1 saturated heterocycles. The average Bonchev–Trinajstić information content (AvgIpc) is 2.59. The lowest BCUT2D eigenvalue weighted by molar-refractivity contribution is -0.133. The summed E-state index contributed by atoms with van der Waals surface area (Å²) >= 11 is 0. The van der Waals surface area contributed by atoms with E-state index in [1.807, 2.05) is 0 Å². The molecule has 2 aliphatic rings. The second kappa shape index (κ2) is 4.98. The number of anilines is 1. The van der Waals surface area contributed by atoms with Gasteiger partial charge in [0.15, 0.2) is 0 Å². The molecular weight excluding hydrogens is 293 g/mol. The molecule has 1 saturated carbocycles. The quantitative estimate of drug-likeness (QED) is 0.866. The number of amides is 1. The van der Waals surface area contributed by atoms with Crippen molar-refractivity contribution in [2.45, 2.75) is 44.3 Å². The van der Waals surface area contributed by atoms with Crippen molar-refractivity contribution in [1.29, 1.82) is 0 Å². The van der Waals surface area contributed by atoms with Gasteiger partial charge in [-0.05, 0) is 38.3 Å². The molecule has 1 heterocycles. The van der Waals surface area contributed by atoms with Gasteiger partial charge in [-0.1, -0.05) is 6.42 Å². The molecule has 3 rings (SSSR count). The van der Waals surface area contributed by atoms with Crippen LogP contribution in [0.2, 0.25) is 0 Å². The third-order valence-corrected chi connectivity index (χ3v) is 5.06. The molecular formula is C16H19F3N2O. The van der Waals surface area contributed by atoms with Gasteiger partial charge in [0.1, 0.15) is 17.3 Å². The molecule has 22 heavy (non-hydrogen) atoms. The lowest BCUT2D eigenvalue weighted by Gasteiger charge is -2.40. The summed E-state index contributed by atoms with van der Waals surface area (Å²) in [5.74, 6) is -1.99. The first-order chi connectivity index (χ1) is 10.2. The predicted octanol–water partition coefficient (Wildman–Crippen LogP) is 2.93.